The summed E-state index contributed by atoms with van der Waals surface area (Å²) in [6.45, 7) is 6.28. The van der Waals surface area contributed by atoms with Gasteiger partial charge in [-0.05, 0) is 24.6 Å². The summed E-state index contributed by atoms with van der Waals surface area (Å²) in [5, 5.41) is 0. The van der Waals surface area contributed by atoms with Crippen LogP contribution in [0.4, 0.5) is 0 Å². The van der Waals surface area contributed by atoms with Crippen molar-refractivity contribution in [2.75, 3.05) is 26.2 Å². The number of rotatable bonds is 6. The molecule has 4 rings (SSSR count). The number of aryl methyl sites for hydroxylation is 2. The fourth-order valence-corrected chi connectivity index (χ4v) is 3.74. The Labute approximate surface area is 172 Å². The van der Waals surface area contributed by atoms with Crippen molar-refractivity contribution < 1.29 is 9.21 Å². The first-order valence-electron chi connectivity index (χ1n) is 10.2. The molecule has 0 atom stereocenters. The minimum absolute atomic E-state index is 0.202. The molecule has 2 heterocycles. The maximum atomic E-state index is 12.7. The summed E-state index contributed by atoms with van der Waals surface area (Å²) in [5.74, 6) is 1.62. The van der Waals surface area contributed by atoms with Gasteiger partial charge in [0.2, 0.25) is 11.8 Å². The predicted molar refractivity (Wildman–Crippen MR) is 113 cm³/mol. The van der Waals surface area contributed by atoms with Crippen LogP contribution in [0, 0.1) is 6.92 Å². The molecule has 5 heteroatoms. The maximum Gasteiger partial charge on any atom is 0.226 e. The lowest BCUT2D eigenvalue weighted by Crippen LogP contribution is -2.48. The molecular formula is C24H27N3O2. The molecule has 1 saturated heterocycles. The third kappa shape index (κ3) is 4.93. The van der Waals surface area contributed by atoms with Crippen LogP contribution in [0.1, 0.15) is 23.4 Å². The summed E-state index contributed by atoms with van der Waals surface area (Å²) in [7, 11) is 0. The first-order valence-corrected chi connectivity index (χ1v) is 10.2. The number of benzene rings is 2. The third-order valence-electron chi connectivity index (χ3n) is 5.46. The van der Waals surface area contributed by atoms with Crippen LogP contribution in [0.5, 0.6) is 0 Å². The molecule has 3 aromatic rings. The zero-order chi connectivity index (χ0) is 20.1. The Balaban J connectivity index is 1.27. The summed E-state index contributed by atoms with van der Waals surface area (Å²) in [5.41, 5.74) is 3.16. The van der Waals surface area contributed by atoms with E-state index in [0.717, 1.165) is 49.7 Å². The highest BCUT2D eigenvalue weighted by atomic mass is 16.4. The largest absolute Gasteiger partial charge is 0.441 e. The molecule has 2 aromatic carbocycles. The second kappa shape index (κ2) is 9.05. The lowest BCUT2D eigenvalue weighted by atomic mass is 10.1. The SMILES string of the molecule is Cc1oc(-c2ccccc2)nc1CCC(=O)N1CCN(Cc2ccccc2)CC1. The van der Waals surface area contributed by atoms with Crippen molar-refractivity contribution in [2.24, 2.45) is 0 Å². The van der Waals surface area contributed by atoms with Gasteiger partial charge >= 0.3 is 0 Å². The van der Waals surface area contributed by atoms with Crippen molar-refractivity contribution in [1.82, 2.24) is 14.8 Å². The number of nitrogens with zero attached hydrogens (tertiary/aromatic N) is 3. The minimum Gasteiger partial charge on any atom is -0.441 e. The lowest BCUT2D eigenvalue weighted by Gasteiger charge is -2.34. The topological polar surface area (TPSA) is 49.6 Å². The molecule has 0 aliphatic carbocycles. The van der Waals surface area contributed by atoms with E-state index >= 15 is 0 Å². The van der Waals surface area contributed by atoms with Crippen LogP contribution in [0.25, 0.3) is 11.5 Å². The number of carbonyl (C=O) groups is 1. The van der Waals surface area contributed by atoms with Gasteiger partial charge in [-0.1, -0.05) is 48.5 Å². The lowest BCUT2D eigenvalue weighted by molar-refractivity contribution is -0.133. The van der Waals surface area contributed by atoms with E-state index in [1.807, 2.05) is 48.2 Å². The Kier molecular flexibility index (Phi) is 6.06. The Morgan fingerprint density at radius 2 is 1.62 bits per heavy atom. The molecule has 1 aromatic heterocycles. The van der Waals surface area contributed by atoms with Gasteiger partial charge in [0.15, 0.2) is 0 Å². The summed E-state index contributed by atoms with van der Waals surface area (Å²) < 4.78 is 5.81. The zero-order valence-corrected chi connectivity index (χ0v) is 16.9. The van der Waals surface area contributed by atoms with Crippen LogP contribution in [0.15, 0.2) is 65.1 Å². The van der Waals surface area contributed by atoms with Gasteiger partial charge in [0.05, 0.1) is 5.69 Å². The molecule has 1 aliphatic rings. The highest BCUT2D eigenvalue weighted by Crippen LogP contribution is 2.22. The van der Waals surface area contributed by atoms with Crippen molar-refractivity contribution in [3.05, 3.63) is 77.7 Å². The monoisotopic (exact) mass is 389 g/mol. The number of oxazole rings is 1. The summed E-state index contributed by atoms with van der Waals surface area (Å²) in [6, 6.07) is 20.4. The summed E-state index contributed by atoms with van der Waals surface area (Å²) in [4.78, 5) is 21.7. The molecule has 1 amide bonds. The molecule has 0 radical (unpaired) electrons. The zero-order valence-electron chi connectivity index (χ0n) is 16.9. The van der Waals surface area contributed by atoms with Gasteiger partial charge < -0.3 is 9.32 Å². The van der Waals surface area contributed by atoms with Crippen LogP contribution >= 0.6 is 0 Å². The van der Waals surface area contributed by atoms with E-state index in [0.29, 0.717) is 18.7 Å². The quantitative estimate of drug-likeness (QED) is 0.641. The Bertz CT molecular complexity index is 929. The van der Waals surface area contributed by atoms with E-state index in [1.54, 1.807) is 0 Å². The van der Waals surface area contributed by atoms with Gasteiger partial charge in [0.25, 0.3) is 0 Å². The molecule has 150 valence electrons. The van der Waals surface area contributed by atoms with Gasteiger partial charge in [-0.15, -0.1) is 0 Å². The van der Waals surface area contributed by atoms with E-state index < -0.39 is 0 Å². The van der Waals surface area contributed by atoms with Gasteiger partial charge in [-0.3, -0.25) is 9.69 Å². The van der Waals surface area contributed by atoms with E-state index in [9.17, 15) is 4.79 Å². The van der Waals surface area contributed by atoms with Crippen molar-refractivity contribution in [3.8, 4) is 11.5 Å². The van der Waals surface area contributed by atoms with Crippen LogP contribution in [-0.2, 0) is 17.8 Å². The molecule has 1 fully saturated rings. The molecule has 0 unspecified atom stereocenters. The maximum absolute atomic E-state index is 12.7. The number of amides is 1. The fraction of sp³-hybridized carbons (Fsp3) is 0.333. The minimum atomic E-state index is 0.202. The van der Waals surface area contributed by atoms with Gasteiger partial charge in [-0.2, -0.15) is 0 Å². The molecule has 1 aliphatic heterocycles. The molecule has 0 spiro atoms. The van der Waals surface area contributed by atoms with Crippen LogP contribution in [-0.4, -0.2) is 46.9 Å². The van der Waals surface area contributed by atoms with Crippen molar-refractivity contribution in [2.45, 2.75) is 26.3 Å². The first-order chi connectivity index (χ1) is 14.2. The van der Waals surface area contributed by atoms with E-state index in [1.165, 1.54) is 5.56 Å². The first kappa shape index (κ1) is 19.4. The van der Waals surface area contributed by atoms with Gasteiger partial charge in [-0.25, -0.2) is 4.98 Å². The molecule has 0 bridgehead atoms. The number of hydrogen-bond acceptors (Lipinski definition) is 4. The van der Waals surface area contributed by atoms with Gasteiger partial charge in [0, 0.05) is 51.1 Å². The molecule has 5 nitrogen and oxygen atoms in total. The smallest absolute Gasteiger partial charge is 0.226 e. The average molecular weight is 389 g/mol. The normalized spacial score (nSPS) is 14.9. The summed E-state index contributed by atoms with van der Waals surface area (Å²) in [6.07, 6.45) is 1.09. The number of aromatic nitrogens is 1. The van der Waals surface area contributed by atoms with E-state index in [-0.39, 0.29) is 5.91 Å². The van der Waals surface area contributed by atoms with Crippen LogP contribution < -0.4 is 0 Å². The second-order valence-electron chi connectivity index (χ2n) is 7.53. The molecule has 0 N–H and O–H groups in total. The Morgan fingerprint density at radius 1 is 0.966 bits per heavy atom. The number of carbonyl (C=O) groups excluding carboxylic acids is 1. The fourth-order valence-electron chi connectivity index (χ4n) is 3.74. The van der Waals surface area contributed by atoms with Crippen molar-refractivity contribution in [3.63, 3.8) is 0 Å². The standard InChI is InChI=1S/C24H27N3O2/c1-19-22(25-24(29-19)21-10-6-3-7-11-21)12-13-23(28)27-16-14-26(15-17-27)18-20-8-4-2-5-9-20/h2-11H,12-18H2,1H3. The molecule has 0 saturated carbocycles. The average Bonchev–Trinajstić information content (AvgIpc) is 3.14. The van der Waals surface area contributed by atoms with Crippen LogP contribution in [0.2, 0.25) is 0 Å². The van der Waals surface area contributed by atoms with Crippen LogP contribution in [0.3, 0.4) is 0 Å². The third-order valence-corrected chi connectivity index (χ3v) is 5.46. The van der Waals surface area contributed by atoms with E-state index in [2.05, 4.69) is 34.1 Å². The summed E-state index contributed by atoms with van der Waals surface area (Å²) >= 11 is 0. The predicted octanol–water partition coefficient (Wildman–Crippen LogP) is 3.93. The van der Waals surface area contributed by atoms with E-state index in [4.69, 9.17) is 4.42 Å². The van der Waals surface area contributed by atoms with Crippen molar-refractivity contribution in [1.29, 1.82) is 0 Å². The second-order valence-corrected chi connectivity index (χ2v) is 7.53. The van der Waals surface area contributed by atoms with Crippen molar-refractivity contribution >= 4 is 5.91 Å². The highest BCUT2D eigenvalue weighted by molar-refractivity contribution is 5.76. The van der Waals surface area contributed by atoms with Gasteiger partial charge in [0.1, 0.15) is 5.76 Å². The number of piperazine rings is 1. The number of hydrogen-bond donors (Lipinski definition) is 0. The Hall–Kier alpha value is -2.92. The molecular weight excluding hydrogens is 362 g/mol. The Morgan fingerprint density at radius 3 is 2.31 bits per heavy atom. The highest BCUT2D eigenvalue weighted by Gasteiger charge is 2.22. The molecule has 29 heavy (non-hydrogen) atoms.